The number of piperidine rings is 1. The molecule has 2 aliphatic carbocycles. The lowest BCUT2D eigenvalue weighted by Crippen LogP contribution is -2.41. The first kappa shape index (κ1) is 25.9. The van der Waals surface area contributed by atoms with Crippen molar-refractivity contribution in [2.24, 2.45) is 11.3 Å². The summed E-state index contributed by atoms with van der Waals surface area (Å²) in [5.41, 5.74) is 2.53. The summed E-state index contributed by atoms with van der Waals surface area (Å²) < 4.78 is 6.19. The number of carboxylic acid groups (broad SMARTS) is 1. The number of ether oxygens (including phenoxy) is 1. The third kappa shape index (κ3) is 6.94. The summed E-state index contributed by atoms with van der Waals surface area (Å²) in [6.07, 6.45) is 12.8. The van der Waals surface area contributed by atoms with Crippen LogP contribution in [0.3, 0.4) is 0 Å². The summed E-state index contributed by atoms with van der Waals surface area (Å²) in [6, 6.07) is 4.46. The maximum atomic E-state index is 12.6. The number of anilines is 1. The van der Waals surface area contributed by atoms with E-state index < -0.39 is 0 Å². The van der Waals surface area contributed by atoms with Gasteiger partial charge < -0.3 is 25.4 Å². The zero-order valence-corrected chi connectivity index (χ0v) is 21.0. The Morgan fingerprint density at radius 1 is 1.29 bits per heavy atom. The monoisotopic (exact) mass is 486 g/mol. The van der Waals surface area contributed by atoms with Gasteiger partial charge in [0.25, 0.3) is 6.47 Å². The molecule has 8 heteroatoms. The van der Waals surface area contributed by atoms with Gasteiger partial charge in [0, 0.05) is 50.3 Å². The minimum absolute atomic E-state index is 0.0155. The minimum Gasteiger partial charge on any atom is -0.483 e. The largest absolute Gasteiger partial charge is 0.483 e. The number of pyridine rings is 1. The van der Waals surface area contributed by atoms with Crippen LogP contribution in [0.2, 0.25) is 0 Å². The molecule has 5 rings (SSSR count). The van der Waals surface area contributed by atoms with Gasteiger partial charge in [0.1, 0.15) is 5.82 Å². The van der Waals surface area contributed by atoms with Gasteiger partial charge in [0.15, 0.2) is 0 Å². The molecule has 1 unspecified atom stereocenters. The minimum atomic E-state index is -0.250. The van der Waals surface area contributed by atoms with Gasteiger partial charge in [0.05, 0.1) is 6.10 Å². The standard InChI is InChI=1S/C26H40N4O2.CH2O2/c31-25(26-11-8-20(18-26)9-12-26)28-14-3-17-32-23-5-2-15-30(19-23)16-10-22-7-6-21-4-1-13-27-24(21)29-22;2-1-3/h6-7,20,23H,1-5,8-19H2,(H,27,29)(H,28,31);1H,(H,2,3). The van der Waals surface area contributed by atoms with Crippen LogP contribution in [0, 0.1) is 11.3 Å². The number of aromatic nitrogens is 1. The summed E-state index contributed by atoms with van der Waals surface area (Å²) in [7, 11) is 0. The number of carbonyl (C=O) groups is 2. The highest BCUT2D eigenvalue weighted by atomic mass is 16.5. The molecule has 35 heavy (non-hydrogen) atoms. The number of aryl methyl sites for hydroxylation is 1. The molecule has 2 aliphatic heterocycles. The van der Waals surface area contributed by atoms with E-state index in [4.69, 9.17) is 19.6 Å². The number of hydrogen-bond acceptors (Lipinski definition) is 6. The number of nitrogens with one attached hydrogen (secondary N) is 2. The van der Waals surface area contributed by atoms with Crippen LogP contribution in [-0.4, -0.2) is 72.8 Å². The van der Waals surface area contributed by atoms with Gasteiger partial charge in [-0.3, -0.25) is 9.59 Å². The molecule has 1 amide bonds. The first-order valence-corrected chi connectivity index (χ1v) is 13.5. The maximum Gasteiger partial charge on any atom is 0.290 e. The van der Waals surface area contributed by atoms with Crippen molar-refractivity contribution in [2.75, 3.05) is 44.6 Å². The van der Waals surface area contributed by atoms with E-state index >= 15 is 0 Å². The van der Waals surface area contributed by atoms with Crippen molar-refractivity contribution in [3.8, 4) is 0 Å². The van der Waals surface area contributed by atoms with Crippen molar-refractivity contribution >= 4 is 18.2 Å². The highest BCUT2D eigenvalue weighted by molar-refractivity contribution is 5.83. The topological polar surface area (TPSA) is 104 Å². The van der Waals surface area contributed by atoms with Gasteiger partial charge in [0.2, 0.25) is 5.91 Å². The average molecular weight is 487 g/mol. The van der Waals surface area contributed by atoms with Gasteiger partial charge in [-0.25, -0.2) is 4.98 Å². The van der Waals surface area contributed by atoms with Crippen LogP contribution in [0.5, 0.6) is 0 Å². The molecule has 0 aromatic carbocycles. The van der Waals surface area contributed by atoms with E-state index in [9.17, 15) is 4.79 Å². The molecule has 3 N–H and O–H groups in total. The molecular formula is C27H42N4O4. The Labute approximate surface area is 209 Å². The Hall–Kier alpha value is -2.19. The number of likely N-dealkylation sites (tertiary alicyclic amines) is 1. The van der Waals surface area contributed by atoms with Crippen molar-refractivity contribution in [1.82, 2.24) is 15.2 Å². The molecule has 3 fully saturated rings. The van der Waals surface area contributed by atoms with E-state index in [0.717, 1.165) is 96.0 Å². The zero-order valence-electron chi connectivity index (χ0n) is 21.0. The lowest BCUT2D eigenvalue weighted by Gasteiger charge is -2.32. The van der Waals surface area contributed by atoms with Crippen LogP contribution >= 0.6 is 0 Å². The molecular weight excluding hydrogens is 444 g/mol. The summed E-state index contributed by atoms with van der Waals surface area (Å²) in [5, 5.41) is 13.5. The smallest absolute Gasteiger partial charge is 0.290 e. The lowest BCUT2D eigenvalue weighted by molar-refractivity contribution is -0.130. The fraction of sp³-hybridized carbons (Fsp3) is 0.741. The number of nitrogens with zero attached hydrogens (tertiary/aromatic N) is 2. The Bertz CT molecular complexity index is 840. The van der Waals surface area contributed by atoms with Crippen LogP contribution < -0.4 is 10.6 Å². The van der Waals surface area contributed by atoms with E-state index in [1.807, 2.05) is 0 Å². The highest BCUT2D eigenvalue weighted by Crippen LogP contribution is 2.54. The number of fused-ring (bicyclic) bond motifs is 3. The molecule has 0 spiro atoms. The highest BCUT2D eigenvalue weighted by Gasteiger charge is 2.49. The van der Waals surface area contributed by atoms with Gasteiger partial charge in [-0.2, -0.15) is 0 Å². The van der Waals surface area contributed by atoms with Crippen molar-refractivity contribution in [3.63, 3.8) is 0 Å². The Kier molecular flexibility index (Phi) is 9.38. The molecule has 0 radical (unpaired) electrons. The van der Waals surface area contributed by atoms with Crippen LogP contribution in [0.1, 0.15) is 69.0 Å². The summed E-state index contributed by atoms with van der Waals surface area (Å²) in [6.45, 7) is 5.50. The first-order valence-electron chi connectivity index (χ1n) is 13.5. The van der Waals surface area contributed by atoms with Crippen molar-refractivity contribution in [3.05, 3.63) is 23.4 Å². The molecule has 194 valence electrons. The van der Waals surface area contributed by atoms with Crippen molar-refractivity contribution in [2.45, 2.75) is 76.7 Å². The molecule has 2 bridgehead atoms. The maximum absolute atomic E-state index is 12.6. The molecule has 2 saturated carbocycles. The van der Waals surface area contributed by atoms with Gasteiger partial charge in [-0.05, 0) is 88.3 Å². The molecule has 3 heterocycles. The van der Waals surface area contributed by atoms with Crippen LogP contribution in [-0.2, 0) is 27.2 Å². The van der Waals surface area contributed by atoms with E-state index in [1.165, 1.54) is 36.9 Å². The third-order valence-corrected chi connectivity index (χ3v) is 8.28. The molecule has 1 atom stereocenters. The van der Waals surface area contributed by atoms with Crippen LogP contribution in [0.15, 0.2) is 12.1 Å². The molecule has 1 aromatic rings. The second-order valence-corrected chi connectivity index (χ2v) is 10.7. The van der Waals surface area contributed by atoms with Crippen molar-refractivity contribution in [1.29, 1.82) is 0 Å². The summed E-state index contributed by atoms with van der Waals surface area (Å²) in [4.78, 5) is 28.4. The van der Waals surface area contributed by atoms with Crippen LogP contribution in [0.4, 0.5) is 5.82 Å². The van der Waals surface area contributed by atoms with E-state index in [0.29, 0.717) is 12.0 Å². The summed E-state index contributed by atoms with van der Waals surface area (Å²) in [5.74, 6) is 2.23. The Morgan fingerprint density at radius 3 is 2.89 bits per heavy atom. The predicted molar refractivity (Wildman–Crippen MR) is 135 cm³/mol. The number of carbonyl (C=O) groups excluding carboxylic acids is 1. The second kappa shape index (κ2) is 12.7. The first-order chi connectivity index (χ1) is 17.1. The normalized spacial score (nSPS) is 27.3. The zero-order chi connectivity index (χ0) is 24.5. The number of hydrogen-bond donors (Lipinski definition) is 3. The number of amides is 1. The van der Waals surface area contributed by atoms with E-state index in [2.05, 4.69) is 27.7 Å². The Morgan fingerprint density at radius 2 is 2.11 bits per heavy atom. The summed E-state index contributed by atoms with van der Waals surface area (Å²) >= 11 is 0. The SMILES string of the molecule is O=C(NCCCOC1CCCN(CCc2ccc3c(n2)NCCC3)C1)C12CCC(CC1)C2.O=CO. The molecule has 4 aliphatic rings. The quantitative estimate of drug-likeness (QED) is 0.364. The van der Waals surface area contributed by atoms with Crippen LogP contribution in [0.25, 0.3) is 0 Å². The fourth-order valence-electron chi connectivity index (χ4n) is 6.36. The number of rotatable bonds is 9. The predicted octanol–water partition coefficient (Wildman–Crippen LogP) is 3.25. The van der Waals surface area contributed by atoms with E-state index in [-0.39, 0.29) is 11.9 Å². The lowest BCUT2D eigenvalue weighted by atomic mass is 9.83. The van der Waals surface area contributed by atoms with Crippen molar-refractivity contribution < 1.29 is 19.4 Å². The molecule has 1 saturated heterocycles. The average Bonchev–Trinajstić information content (AvgIpc) is 3.51. The second-order valence-electron chi connectivity index (χ2n) is 10.7. The van der Waals surface area contributed by atoms with Gasteiger partial charge in [-0.15, -0.1) is 0 Å². The molecule has 1 aromatic heterocycles. The third-order valence-electron chi connectivity index (χ3n) is 8.28. The molecule has 8 nitrogen and oxygen atoms in total. The van der Waals surface area contributed by atoms with Gasteiger partial charge in [-0.1, -0.05) is 6.07 Å². The Balaban J connectivity index is 0.000000917. The fourth-order valence-corrected chi connectivity index (χ4v) is 6.36. The van der Waals surface area contributed by atoms with E-state index in [1.54, 1.807) is 0 Å². The van der Waals surface area contributed by atoms with Gasteiger partial charge >= 0.3 is 0 Å².